The number of hydrogen-bond donors (Lipinski definition) is 0. The Hall–Kier alpha value is -9.84. The van der Waals surface area contributed by atoms with Crippen LogP contribution < -0.4 is 0 Å². The van der Waals surface area contributed by atoms with Gasteiger partial charge < -0.3 is 56.8 Å². The van der Waals surface area contributed by atoms with Crippen molar-refractivity contribution in [2.75, 3.05) is 13.2 Å². The smallest absolute Gasteiger partial charge is 0.116 e. The summed E-state index contributed by atoms with van der Waals surface area (Å²) in [5.41, 5.74) is 11.2. The van der Waals surface area contributed by atoms with E-state index < -0.39 is 61.0 Å². The van der Waals surface area contributed by atoms with Crippen molar-refractivity contribution in [1.29, 1.82) is 0 Å². The van der Waals surface area contributed by atoms with Gasteiger partial charge in [-0.15, -0.1) is 0 Å². The third-order valence-corrected chi connectivity index (χ3v) is 18.7. The van der Waals surface area contributed by atoms with Crippen molar-refractivity contribution in [3.05, 3.63) is 431 Å². The average Bonchev–Trinajstić information content (AvgIpc) is 0.780. The molecule has 0 aliphatic rings. The van der Waals surface area contributed by atoms with E-state index in [0.717, 1.165) is 66.8 Å². The fourth-order valence-electron chi connectivity index (χ4n) is 13.0. The first-order chi connectivity index (χ1) is 53.6. The van der Waals surface area contributed by atoms with Crippen molar-refractivity contribution in [2.24, 2.45) is 0 Å². The van der Waals surface area contributed by atoms with Gasteiger partial charge >= 0.3 is 0 Å². The normalized spacial score (nSPS) is 14.3. The second-order valence-corrected chi connectivity index (χ2v) is 26.8. The molecule has 12 nitrogen and oxygen atoms in total. The van der Waals surface area contributed by atoms with Gasteiger partial charge in [0.15, 0.2) is 0 Å². The molecular weight excluding hydrogens is 1350 g/mol. The fourth-order valence-corrected chi connectivity index (χ4v) is 13.0. The molecule has 12 heteroatoms. The van der Waals surface area contributed by atoms with Gasteiger partial charge in [-0.25, -0.2) is 0 Å². The van der Waals surface area contributed by atoms with Gasteiger partial charge in [0.05, 0.1) is 92.5 Å². The number of benzene rings is 12. The van der Waals surface area contributed by atoms with Crippen LogP contribution in [0, 0.1) is 0 Å². The lowest BCUT2D eigenvalue weighted by Crippen LogP contribution is -2.62. The van der Waals surface area contributed by atoms with Gasteiger partial charge in [-0.1, -0.05) is 364 Å². The SMILES string of the molecule is c1ccc(COC[C@H](OCc2ccccc2)[C@@H](OCc2ccccc2)[C@H](OCc2ccccc2)[C@H](OCc2ccccc2)[C@H](OCc2ccccc2)[C@H](OCc2ccccc2)[C@@H](OCc2ccccc2)[C@@H](OCc2ccccc2)[C@H](OCc2ccccc2)[C@@H](COCc2ccccc2)OCc2ccccc2)cc1. The summed E-state index contributed by atoms with van der Waals surface area (Å²) in [7, 11) is 0. The van der Waals surface area contributed by atoms with Crippen LogP contribution in [0.25, 0.3) is 0 Å². The Balaban J connectivity index is 1.10. The zero-order chi connectivity index (χ0) is 73.5. The lowest BCUT2D eigenvalue weighted by molar-refractivity contribution is -0.266. The van der Waals surface area contributed by atoms with E-state index in [2.05, 4.69) is 146 Å². The zero-order valence-corrected chi connectivity index (χ0v) is 61.2. The summed E-state index contributed by atoms with van der Waals surface area (Å²) in [5.74, 6) is 0. The maximum absolute atomic E-state index is 7.97. The molecule has 12 aromatic rings. The summed E-state index contributed by atoms with van der Waals surface area (Å²) in [6, 6.07) is 122. The Kier molecular flexibility index (Phi) is 32.0. The van der Waals surface area contributed by atoms with Gasteiger partial charge in [0.2, 0.25) is 0 Å². The van der Waals surface area contributed by atoms with Crippen molar-refractivity contribution < 1.29 is 56.8 Å². The van der Waals surface area contributed by atoms with Crippen molar-refractivity contribution in [1.82, 2.24) is 0 Å². The molecule has 0 aliphatic heterocycles. The van der Waals surface area contributed by atoms with Gasteiger partial charge in [-0.3, -0.25) is 0 Å². The summed E-state index contributed by atoms with van der Waals surface area (Å²) < 4.78 is 91.3. The molecule has 0 radical (unpaired) electrons. The molecule has 0 fully saturated rings. The maximum atomic E-state index is 7.97. The maximum Gasteiger partial charge on any atom is 0.116 e. The third kappa shape index (κ3) is 25.7. The molecule has 0 N–H and O–H groups in total. The van der Waals surface area contributed by atoms with E-state index in [1.807, 2.05) is 218 Å². The summed E-state index contributed by atoms with van der Waals surface area (Å²) in [6.45, 7) is 2.10. The molecule has 0 spiro atoms. The van der Waals surface area contributed by atoms with Crippen LogP contribution in [0.2, 0.25) is 0 Å². The second-order valence-electron chi connectivity index (χ2n) is 26.8. The van der Waals surface area contributed by atoms with Gasteiger partial charge in [0.25, 0.3) is 0 Å². The Labute approximate surface area is 637 Å². The predicted molar refractivity (Wildman–Crippen MR) is 422 cm³/mol. The predicted octanol–water partition coefficient (Wildman–Crippen LogP) is 19.3. The quantitative estimate of drug-likeness (QED) is 0.0362. The van der Waals surface area contributed by atoms with Gasteiger partial charge in [-0.05, 0) is 66.8 Å². The van der Waals surface area contributed by atoms with E-state index in [1.165, 1.54) is 0 Å². The Morgan fingerprint density at radius 3 is 0.407 bits per heavy atom. The molecule has 108 heavy (non-hydrogen) atoms. The molecule has 554 valence electrons. The molecule has 0 heterocycles. The van der Waals surface area contributed by atoms with Crippen molar-refractivity contribution in [3.63, 3.8) is 0 Å². The molecule has 0 unspecified atom stereocenters. The topological polar surface area (TPSA) is 111 Å². The third-order valence-electron chi connectivity index (χ3n) is 18.7. The van der Waals surface area contributed by atoms with Crippen LogP contribution in [0.15, 0.2) is 364 Å². The molecule has 0 aromatic heterocycles. The molecule has 0 saturated heterocycles. The van der Waals surface area contributed by atoms with Crippen LogP contribution in [0.1, 0.15) is 66.8 Å². The highest BCUT2D eigenvalue weighted by Gasteiger charge is 2.52. The highest BCUT2D eigenvalue weighted by molar-refractivity contribution is 5.23. The monoisotopic (exact) mass is 1440 g/mol. The summed E-state index contributed by atoms with van der Waals surface area (Å²) in [5, 5.41) is 0. The van der Waals surface area contributed by atoms with Gasteiger partial charge in [0.1, 0.15) is 61.0 Å². The summed E-state index contributed by atoms with van der Waals surface area (Å²) in [4.78, 5) is 0. The first kappa shape index (κ1) is 77.8. The molecule has 0 saturated carbocycles. The van der Waals surface area contributed by atoms with Crippen LogP contribution >= 0.6 is 0 Å². The largest absolute Gasteiger partial charge is 0.374 e. The summed E-state index contributed by atoms with van der Waals surface area (Å²) >= 11 is 0. The summed E-state index contributed by atoms with van der Waals surface area (Å²) in [6.07, 6.45) is -10.4. The Morgan fingerprint density at radius 1 is 0.130 bits per heavy atom. The van der Waals surface area contributed by atoms with E-state index in [9.17, 15) is 0 Å². The van der Waals surface area contributed by atoms with E-state index in [4.69, 9.17) is 56.8 Å². The molecule has 12 aromatic carbocycles. The molecule has 0 amide bonds. The zero-order valence-electron chi connectivity index (χ0n) is 61.2. The minimum Gasteiger partial charge on any atom is -0.374 e. The van der Waals surface area contributed by atoms with Gasteiger partial charge in [0, 0.05) is 0 Å². The van der Waals surface area contributed by atoms with Crippen LogP contribution in [-0.4, -0.2) is 74.3 Å². The number of hydrogen-bond acceptors (Lipinski definition) is 12. The fraction of sp³-hybridized carbons (Fsp3) is 0.250. The van der Waals surface area contributed by atoms with Crippen molar-refractivity contribution >= 4 is 0 Å². The first-order valence-corrected chi connectivity index (χ1v) is 37.4. The molecule has 10 atom stereocenters. The minimum atomic E-state index is -1.17. The second kappa shape index (κ2) is 44.5. The Morgan fingerprint density at radius 2 is 0.250 bits per heavy atom. The lowest BCUT2D eigenvalue weighted by Gasteiger charge is -2.46. The first-order valence-electron chi connectivity index (χ1n) is 37.4. The average molecular weight is 1440 g/mol. The molecule has 0 bridgehead atoms. The highest BCUT2D eigenvalue weighted by atomic mass is 16.6. The molecule has 0 aliphatic carbocycles. The minimum absolute atomic E-state index is 0.0800. The highest BCUT2D eigenvalue weighted by Crippen LogP contribution is 2.35. The van der Waals surface area contributed by atoms with Crippen molar-refractivity contribution in [2.45, 2.75) is 140 Å². The van der Waals surface area contributed by atoms with E-state index >= 15 is 0 Å². The van der Waals surface area contributed by atoms with Crippen LogP contribution in [-0.2, 0) is 136 Å². The molecule has 12 rings (SSSR count). The number of ether oxygens (including phenoxy) is 12. The van der Waals surface area contributed by atoms with Crippen LogP contribution in [0.3, 0.4) is 0 Å². The van der Waals surface area contributed by atoms with Crippen LogP contribution in [0.5, 0.6) is 0 Å². The standard InChI is InChI=1S/C96H98O12/c1-13-37-75(38-14-1)61-97-73-87(99-63-77-41-17-3-18-42-77)89(101-65-79-45-21-5-22-46-79)91(103-67-81-49-25-7-26-50-81)93(105-69-83-53-29-9-30-54-83)95(107-71-85-57-33-11-34-58-85)96(108-72-86-59-35-12-36-60-86)94(106-70-84-55-31-10-32-56-84)92(104-68-82-51-27-8-28-52-82)90(102-66-80-47-23-6-24-48-80)88(100-64-78-43-19-4-20-44-78)74-98-62-76-39-15-2-16-40-76/h1-60,87-96H,61-74H2/t87-,88+,89-,90-,91+,92+,93+,94+,95-,96+/m1/s1. The number of rotatable bonds is 47. The van der Waals surface area contributed by atoms with Gasteiger partial charge in [-0.2, -0.15) is 0 Å². The van der Waals surface area contributed by atoms with E-state index in [1.54, 1.807) is 0 Å². The molecular formula is C96H98O12. The van der Waals surface area contributed by atoms with Crippen LogP contribution in [0.4, 0.5) is 0 Å². The van der Waals surface area contributed by atoms with E-state index in [-0.39, 0.29) is 79.3 Å². The Bertz CT molecular complexity index is 4000. The lowest BCUT2D eigenvalue weighted by atomic mass is 9.88. The van der Waals surface area contributed by atoms with Crippen molar-refractivity contribution in [3.8, 4) is 0 Å². The van der Waals surface area contributed by atoms with E-state index in [0.29, 0.717) is 13.2 Å².